The predicted molar refractivity (Wildman–Crippen MR) is 68.5 cm³/mol. The molecule has 1 rings (SSSR count). The fraction of sp³-hybridized carbons (Fsp3) is 0.333. The van der Waals surface area contributed by atoms with E-state index in [1.165, 1.54) is 31.4 Å². The van der Waals surface area contributed by atoms with E-state index in [2.05, 4.69) is 5.32 Å². The van der Waals surface area contributed by atoms with E-state index in [0.29, 0.717) is 0 Å². The van der Waals surface area contributed by atoms with Gasteiger partial charge in [-0.1, -0.05) is 12.1 Å². The minimum atomic E-state index is -1.23. The van der Waals surface area contributed by atoms with E-state index in [0.717, 1.165) is 0 Å². The topological polar surface area (TPSA) is 119 Å². The molecule has 1 atom stereocenters. The molecule has 2 N–H and O–H groups in total. The number of aliphatic carboxylic acids is 1. The lowest BCUT2D eigenvalue weighted by molar-refractivity contribution is -0.385. The van der Waals surface area contributed by atoms with Gasteiger partial charge in [-0.25, -0.2) is 4.79 Å². The minimum absolute atomic E-state index is 0.0677. The average Bonchev–Trinajstić information content (AvgIpc) is 2.42. The molecule has 1 aromatic carbocycles. The number of rotatable bonds is 7. The van der Waals surface area contributed by atoms with Gasteiger partial charge >= 0.3 is 5.97 Å². The normalized spacial score (nSPS) is 11.7. The van der Waals surface area contributed by atoms with Crippen molar-refractivity contribution in [2.45, 2.75) is 12.5 Å². The first-order chi connectivity index (χ1) is 9.47. The lowest BCUT2D eigenvalue weighted by atomic mass is 10.1. The summed E-state index contributed by atoms with van der Waals surface area (Å²) in [7, 11) is 1.41. The van der Waals surface area contributed by atoms with Crippen LogP contribution < -0.4 is 5.32 Å². The molecule has 0 aliphatic heterocycles. The maximum atomic E-state index is 11.9. The molecule has 1 aromatic rings. The Bertz CT molecular complexity index is 516. The van der Waals surface area contributed by atoms with Crippen molar-refractivity contribution in [1.29, 1.82) is 0 Å². The summed E-state index contributed by atoms with van der Waals surface area (Å²) in [5.74, 6) is -2.03. The summed E-state index contributed by atoms with van der Waals surface area (Å²) in [6, 6.07) is 4.17. The third kappa shape index (κ3) is 4.02. The largest absolute Gasteiger partial charge is 0.480 e. The van der Waals surface area contributed by atoms with Gasteiger partial charge in [0, 0.05) is 26.2 Å². The van der Waals surface area contributed by atoms with Crippen LogP contribution in [-0.2, 0) is 9.53 Å². The molecule has 0 saturated heterocycles. The molecule has 0 saturated carbocycles. The van der Waals surface area contributed by atoms with Gasteiger partial charge in [0.2, 0.25) is 0 Å². The molecular weight excluding hydrogens is 268 g/mol. The molecule has 1 amide bonds. The molecule has 0 aliphatic rings. The van der Waals surface area contributed by atoms with Crippen molar-refractivity contribution >= 4 is 17.6 Å². The molecule has 0 aromatic heterocycles. The molecule has 1 unspecified atom stereocenters. The number of benzene rings is 1. The van der Waals surface area contributed by atoms with Gasteiger partial charge in [0.05, 0.1) is 4.92 Å². The molecule has 0 radical (unpaired) electrons. The molecule has 8 heteroatoms. The number of nitro groups is 1. The number of carboxylic acid groups (broad SMARTS) is 1. The molecule has 0 fully saturated rings. The highest BCUT2D eigenvalue weighted by Gasteiger charge is 2.24. The van der Waals surface area contributed by atoms with E-state index in [4.69, 9.17) is 9.84 Å². The number of amides is 1. The summed E-state index contributed by atoms with van der Waals surface area (Å²) in [5, 5.41) is 22.0. The van der Waals surface area contributed by atoms with E-state index in [1.54, 1.807) is 0 Å². The van der Waals surface area contributed by atoms with E-state index in [9.17, 15) is 19.7 Å². The van der Waals surface area contributed by atoms with Crippen molar-refractivity contribution in [1.82, 2.24) is 5.32 Å². The molecule has 20 heavy (non-hydrogen) atoms. The SMILES string of the molecule is COCCC(NC(=O)c1ccccc1[N+](=O)[O-])C(=O)O. The fourth-order valence-corrected chi connectivity index (χ4v) is 1.55. The lowest BCUT2D eigenvalue weighted by Crippen LogP contribution is -2.41. The Morgan fingerprint density at radius 2 is 2.10 bits per heavy atom. The second-order valence-corrected chi connectivity index (χ2v) is 3.92. The molecule has 8 nitrogen and oxygen atoms in total. The van der Waals surface area contributed by atoms with Crippen LogP contribution in [0.25, 0.3) is 0 Å². The first-order valence-electron chi connectivity index (χ1n) is 5.73. The number of carboxylic acids is 1. The zero-order valence-electron chi connectivity index (χ0n) is 10.7. The smallest absolute Gasteiger partial charge is 0.326 e. The summed E-state index contributed by atoms with van der Waals surface area (Å²) in [5.41, 5.74) is -0.554. The highest BCUT2D eigenvalue weighted by Crippen LogP contribution is 2.17. The van der Waals surface area contributed by atoms with Crippen LogP contribution in [0.4, 0.5) is 5.69 Å². The Morgan fingerprint density at radius 1 is 1.45 bits per heavy atom. The number of nitrogens with one attached hydrogen (secondary N) is 1. The van der Waals surface area contributed by atoms with E-state index >= 15 is 0 Å². The molecular formula is C12H14N2O6. The number of nitrogens with zero attached hydrogens (tertiary/aromatic N) is 1. The third-order valence-corrected chi connectivity index (χ3v) is 2.56. The maximum Gasteiger partial charge on any atom is 0.326 e. The van der Waals surface area contributed by atoms with Crippen molar-refractivity contribution in [2.75, 3.05) is 13.7 Å². The summed E-state index contributed by atoms with van der Waals surface area (Å²) >= 11 is 0. The van der Waals surface area contributed by atoms with Gasteiger partial charge in [-0.05, 0) is 6.07 Å². The highest BCUT2D eigenvalue weighted by molar-refractivity contribution is 5.99. The number of hydrogen-bond acceptors (Lipinski definition) is 5. The first-order valence-corrected chi connectivity index (χ1v) is 5.73. The zero-order valence-corrected chi connectivity index (χ0v) is 10.7. The molecule has 108 valence electrons. The Hall–Kier alpha value is -2.48. The molecule has 0 heterocycles. The number of para-hydroxylation sites is 1. The van der Waals surface area contributed by atoms with Crippen LogP contribution in [0.15, 0.2) is 24.3 Å². The van der Waals surface area contributed by atoms with E-state index in [-0.39, 0.29) is 24.3 Å². The number of ether oxygens (including phenoxy) is 1. The standard InChI is InChI=1S/C12H14N2O6/c1-20-7-6-9(12(16)17)13-11(15)8-4-2-3-5-10(8)14(18)19/h2-5,9H,6-7H2,1H3,(H,13,15)(H,16,17). The van der Waals surface area contributed by atoms with E-state index in [1.807, 2.05) is 0 Å². The van der Waals surface area contributed by atoms with Gasteiger partial charge in [0.1, 0.15) is 11.6 Å². The predicted octanol–water partition coefficient (Wildman–Crippen LogP) is 0.814. The quantitative estimate of drug-likeness (QED) is 0.564. The van der Waals surface area contributed by atoms with Crippen molar-refractivity contribution < 1.29 is 24.4 Å². The first kappa shape index (κ1) is 15.6. The minimum Gasteiger partial charge on any atom is -0.480 e. The van der Waals surface area contributed by atoms with Crippen molar-refractivity contribution in [3.63, 3.8) is 0 Å². The van der Waals surface area contributed by atoms with Gasteiger partial charge < -0.3 is 15.2 Å². The van der Waals surface area contributed by atoms with Gasteiger partial charge in [-0.15, -0.1) is 0 Å². The second kappa shape index (κ2) is 7.19. The number of methoxy groups -OCH3 is 1. The number of carbonyl (C=O) groups is 2. The lowest BCUT2D eigenvalue weighted by Gasteiger charge is -2.13. The number of nitro benzene ring substituents is 1. The van der Waals surface area contributed by atoms with E-state index < -0.39 is 22.8 Å². The zero-order chi connectivity index (χ0) is 15.1. The third-order valence-electron chi connectivity index (χ3n) is 2.56. The number of hydrogen-bond donors (Lipinski definition) is 2. The second-order valence-electron chi connectivity index (χ2n) is 3.92. The van der Waals surface area contributed by atoms with Crippen molar-refractivity contribution in [2.24, 2.45) is 0 Å². The summed E-state index contributed by atoms with van der Waals surface area (Å²) < 4.78 is 4.75. The molecule has 0 bridgehead atoms. The summed E-state index contributed by atoms with van der Waals surface area (Å²) in [6.45, 7) is 0.147. The highest BCUT2D eigenvalue weighted by atomic mass is 16.6. The maximum absolute atomic E-state index is 11.9. The van der Waals surface area contributed by atoms with Crippen LogP contribution in [0, 0.1) is 10.1 Å². The van der Waals surface area contributed by atoms with Gasteiger partial charge in [-0.3, -0.25) is 14.9 Å². The molecule has 0 aliphatic carbocycles. The van der Waals surface area contributed by atoms with Gasteiger partial charge in [-0.2, -0.15) is 0 Å². The number of carbonyl (C=O) groups excluding carboxylic acids is 1. The van der Waals surface area contributed by atoms with Crippen LogP contribution in [0.5, 0.6) is 0 Å². The Labute approximate surface area is 114 Å². The Kier molecular flexibility index (Phi) is 5.60. The van der Waals surface area contributed by atoms with Crippen LogP contribution >= 0.6 is 0 Å². The summed E-state index contributed by atoms with van der Waals surface area (Å²) in [4.78, 5) is 33.0. The van der Waals surface area contributed by atoms with Crippen LogP contribution in [0.2, 0.25) is 0 Å². The van der Waals surface area contributed by atoms with Crippen molar-refractivity contribution in [3.05, 3.63) is 39.9 Å². The van der Waals surface area contributed by atoms with Crippen LogP contribution in [0.1, 0.15) is 16.8 Å². The van der Waals surface area contributed by atoms with Gasteiger partial charge in [0.15, 0.2) is 0 Å². The fourth-order valence-electron chi connectivity index (χ4n) is 1.55. The van der Waals surface area contributed by atoms with Crippen LogP contribution in [0.3, 0.4) is 0 Å². The van der Waals surface area contributed by atoms with Gasteiger partial charge in [0.25, 0.3) is 11.6 Å². The summed E-state index contributed by atoms with van der Waals surface area (Å²) in [6.07, 6.45) is 0.0677. The Morgan fingerprint density at radius 3 is 2.65 bits per heavy atom. The monoisotopic (exact) mass is 282 g/mol. The average molecular weight is 282 g/mol. The molecule has 0 spiro atoms. The van der Waals surface area contributed by atoms with Crippen LogP contribution in [-0.4, -0.2) is 41.7 Å². The Balaban J connectivity index is 2.89. The van der Waals surface area contributed by atoms with Crippen molar-refractivity contribution in [3.8, 4) is 0 Å².